The lowest BCUT2D eigenvalue weighted by Gasteiger charge is -2.26. The molecule has 2 aliphatic heterocycles. The molecule has 2 unspecified atom stereocenters. The van der Waals surface area contributed by atoms with Crippen molar-refractivity contribution >= 4 is 31.5 Å². The van der Waals surface area contributed by atoms with Gasteiger partial charge in [-0.1, -0.05) is 12.1 Å². The number of carbonyl (C=O) groups excluding carboxylic acids is 2. The molecule has 8 nitrogen and oxygen atoms in total. The summed E-state index contributed by atoms with van der Waals surface area (Å²) in [5.41, 5.74) is -1.53. The third-order valence-electron chi connectivity index (χ3n) is 5.25. The Morgan fingerprint density at radius 1 is 0.786 bits per heavy atom. The molecular weight excluding hydrogens is 404 g/mol. The largest absolute Gasteiger partial charge is 0.346 e. The predicted molar refractivity (Wildman–Crippen MR) is 105 cm³/mol. The lowest BCUT2D eigenvalue weighted by Crippen LogP contribution is -2.49. The summed E-state index contributed by atoms with van der Waals surface area (Å²) in [6.45, 7) is 3.34. The van der Waals surface area contributed by atoms with Crippen LogP contribution in [0.4, 0.5) is 0 Å². The number of rotatable bonds is 4. The van der Waals surface area contributed by atoms with Crippen LogP contribution in [-0.2, 0) is 19.7 Å². The molecule has 154 valence electrons. The molecule has 2 amide bonds. The number of hydrogen-bond acceptors (Lipinski definition) is 6. The second-order valence-electron chi connectivity index (χ2n) is 8.26. The maximum atomic E-state index is 12.8. The number of hydrogen-bond donors (Lipinski definition) is 2. The van der Waals surface area contributed by atoms with Gasteiger partial charge in [-0.05, 0) is 38.8 Å². The van der Waals surface area contributed by atoms with Gasteiger partial charge in [0.25, 0.3) is 11.8 Å². The van der Waals surface area contributed by atoms with Crippen molar-refractivity contribution in [3.63, 3.8) is 0 Å². The maximum absolute atomic E-state index is 12.8. The molecule has 0 bridgehead atoms. The van der Waals surface area contributed by atoms with E-state index in [2.05, 4.69) is 10.6 Å². The molecule has 2 fully saturated rings. The maximum Gasteiger partial charge on any atom is 0.252 e. The van der Waals surface area contributed by atoms with Crippen LogP contribution in [0.25, 0.3) is 0 Å². The second kappa shape index (κ2) is 6.84. The van der Waals surface area contributed by atoms with Gasteiger partial charge in [0.1, 0.15) is 0 Å². The highest BCUT2D eigenvalue weighted by molar-refractivity contribution is 7.92. The average molecular weight is 429 g/mol. The van der Waals surface area contributed by atoms with Crippen LogP contribution in [0.5, 0.6) is 0 Å². The fourth-order valence-electron chi connectivity index (χ4n) is 3.78. The van der Waals surface area contributed by atoms with Crippen LogP contribution in [0, 0.1) is 0 Å². The standard InChI is InChI=1S/C18H24N2O6S2/c1-17(7-9-27(23,24)11-17)19-15(21)13-5-3-4-6-14(13)16(22)20-18(2)8-10-28(25,26)12-18/h3-6H,7-12H2,1-2H3,(H,19,21)(H,20,22). The third kappa shape index (κ3) is 4.54. The van der Waals surface area contributed by atoms with Crippen molar-refractivity contribution < 1.29 is 26.4 Å². The molecule has 2 heterocycles. The summed E-state index contributed by atoms with van der Waals surface area (Å²) in [4.78, 5) is 25.6. The summed E-state index contributed by atoms with van der Waals surface area (Å²) in [6.07, 6.45) is 0.622. The number of nitrogens with one attached hydrogen (secondary N) is 2. The van der Waals surface area contributed by atoms with Gasteiger partial charge in [-0.3, -0.25) is 9.59 Å². The summed E-state index contributed by atoms with van der Waals surface area (Å²) in [7, 11) is -6.39. The highest BCUT2D eigenvalue weighted by Crippen LogP contribution is 2.25. The fraction of sp³-hybridized carbons (Fsp3) is 0.556. The molecule has 0 radical (unpaired) electrons. The summed E-state index contributed by atoms with van der Waals surface area (Å²) in [6, 6.07) is 6.21. The molecule has 1 aromatic rings. The van der Waals surface area contributed by atoms with Crippen molar-refractivity contribution in [2.45, 2.75) is 37.8 Å². The number of amides is 2. The van der Waals surface area contributed by atoms with Crippen molar-refractivity contribution in [3.8, 4) is 0 Å². The average Bonchev–Trinajstić information content (AvgIpc) is 3.01. The van der Waals surface area contributed by atoms with Gasteiger partial charge in [0, 0.05) is 0 Å². The van der Waals surface area contributed by atoms with Crippen LogP contribution in [-0.4, -0.2) is 62.7 Å². The minimum Gasteiger partial charge on any atom is -0.346 e. The molecule has 10 heteroatoms. The van der Waals surface area contributed by atoms with Crippen molar-refractivity contribution in [2.75, 3.05) is 23.0 Å². The predicted octanol–water partition coefficient (Wildman–Crippen LogP) is 0.301. The van der Waals surface area contributed by atoms with E-state index in [9.17, 15) is 26.4 Å². The van der Waals surface area contributed by atoms with Gasteiger partial charge in [0.2, 0.25) is 0 Å². The first-order valence-electron chi connectivity index (χ1n) is 8.97. The molecule has 0 saturated carbocycles. The third-order valence-corrected chi connectivity index (χ3v) is 9.06. The molecule has 2 atom stereocenters. The SMILES string of the molecule is CC1(NC(=O)c2ccccc2C(=O)NC2(C)CCS(=O)(=O)C2)CCS(=O)(=O)C1. The Kier molecular flexibility index (Phi) is 5.08. The molecular formula is C18H24N2O6S2. The van der Waals surface area contributed by atoms with Crippen LogP contribution >= 0.6 is 0 Å². The van der Waals surface area contributed by atoms with Gasteiger partial charge >= 0.3 is 0 Å². The van der Waals surface area contributed by atoms with Gasteiger partial charge < -0.3 is 10.6 Å². The first-order chi connectivity index (χ1) is 12.8. The monoisotopic (exact) mass is 428 g/mol. The van der Waals surface area contributed by atoms with Crippen LogP contribution < -0.4 is 10.6 Å². The number of carbonyl (C=O) groups is 2. The van der Waals surface area contributed by atoms with Gasteiger partial charge in [-0.25, -0.2) is 16.8 Å². The first kappa shape index (κ1) is 20.8. The van der Waals surface area contributed by atoms with E-state index in [1.165, 1.54) is 12.1 Å². The van der Waals surface area contributed by atoms with E-state index >= 15 is 0 Å². The smallest absolute Gasteiger partial charge is 0.252 e. The van der Waals surface area contributed by atoms with E-state index in [1.54, 1.807) is 26.0 Å². The minimum atomic E-state index is -3.19. The first-order valence-corrected chi connectivity index (χ1v) is 12.6. The van der Waals surface area contributed by atoms with Gasteiger partial charge in [0.05, 0.1) is 45.2 Å². The Balaban J connectivity index is 1.79. The Hall–Kier alpha value is -1.94. The lowest BCUT2D eigenvalue weighted by molar-refractivity contribution is 0.0879. The van der Waals surface area contributed by atoms with Crippen molar-refractivity contribution in [1.29, 1.82) is 0 Å². The molecule has 2 saturated heterocycles. The van der Waals surface area contributed by atoms with Gasteiger partial charge in [-0.15, -0.1) is 0 Å². The normalized spacial score (nSPS) is 30.6. The summed E-state index contributed by atoms with van der Waals surface area (Å²) < 4.78 is 47.0. The van der Waals surface area contributed by atoms with E-state index in [-0.39, 0.29) is 34.1 Å². The highest BCUT2D eigenvalue weighted by atomic mass is 32.2. The fourth-order valence-corrected chi connectivity index (χ4v) is 7.97. The van der Waals surface area contributed by atoms with Gasteiger partial charge in [0.15, 0.2) is 19.7 Å². The molecule has 2 N–H and O–H groups in total. The quantitative estimate of drug-likeness (QED) is 0.710. The van der Waals surface area contributed by atoms with Crippen molar-refractivity contribution in [2.24, 2.45) is 0 Å². The van der Waals surface area contributed by atoms with E-state index in [0.29, 0.717) is 12.8 Å². The molecule has 3 rings (SSSR count). The van der Waals surface area contributed by atoms with Crippen LogP contribution in [0.3, 0.4) is 0 Å². The second-order valence-corrected chi connectivity index (χ2v) is 12.6. The van der Waals surface area contributed by atoms with Crippen molar-refractivity contribution in [1.82, 2.24) is 10.6 Å². The lowest BCUT2D eigenvalue weighted by atomic mass is 9.98. The van der Waals surface area contributed by atoms with E-state index < -0.39 is 42.6 Å². The zero-order chi connectivity index (χ0) is 20.8. The summed E-state index contributed by atoms with van der Waals surface area (Å²) in [5.74, 6) is -1.33. The zero-order valence-corrected chi connectivity index (χ0v) is 17.5. The number of benzene rings is 1. The Labute approximate surface area is 164 Å². The summed E-state index contributed by atoms with van der Waals surface area (Å²) in [5, 5.41) is 5.49. The zero-order valence-electron chi connectivity index (χ0n) is 15.8. The van der Waals surface area contributed by atoms with E-state index in [1.807, 2.05) is 0 Å². The van der Waals surface area contributed by atoms with E-state index in [0.717, 1.165) is 0 Å². The molecule has 1 aromatic carbocycles. The Morgan fingerprint density at radius 2 is 1.14 bits per heavy atom. The molecule has 0 spiro atoms. The molecule has 2 aliphatic rings. The molecule has 0 aliphatic carbocycles. The summed E-state index contributed by atoms with van der Waals surface area (Å²) >= 11 is 0. The van der Waals surface area contributed by atoms with Crippen molar-refractivity contribution in [3.05, 3.63) is 35.4 Å². The topological polar surface area (TPSA) is 126 Å². The Bertz CT molecular complexity index is 951. The minimum absolute atomic E-state index is 0.0126. The highest BCUT2D eigenvalue weighted by Gasteiger charge is 2.41. The molecule has 0 aromatic heterocycles. The Morgan fingerprint density at radius 3 is 1.43 bits per heavy atom. The van der Waals surface area contributed by atoms with E-state index in [4.69, 9.17) is 0 Å². The van der Waals surface area contributed by atoms with Crippen LogP contribution in [0.2, 0.25) is 0 Å². The van der Waals surface area contributed by atoms with Crippen LogP contribution in [0.15, 0.2) is 24.3 Å². The van der Waals surface area contributed by atoms with Crippen LogP contribution in [0.1, 0.15) is 47.4 Å². The molecule has 28 heavy (non-hydrogen) atoms. The van der Waals surface area contributed by atoms with Gasteiger partial charge in [-0.2, -0.15) is 0 Å². The number of sulfone groups is 2.